The van der Waals surface area contributed by atoms with Crippen LogP contribution in [0.5, 0.6) is 0 Å². The molecule has 0 fully saturated rings. The van der Waals surface area contributed by atoms with E-state index in [-0.39, 0.29) is 17.0 Å². The number of thiazole rings is 1. The molecule has 33 heavy (non-hydrogen) atoms. The molecule has 1 N–H and O–H groups in total. The second kappa shape index (κ2) is 8.14. The van der Waals surface area contributed by atoms with Crippen LogP contribution in [0, 0.1) is 12.7 Å². The number of aliphatic hydroxyl groups is 1. The Morgan fingerprint density at radius 2 is 1.91 bits per heavy atom. The van der Waals surface area contributed by atoms with E-state index in [0.29, 0.717) is 15.6 Å². The predicted octanol–water partition coefficient (Wildman–Crippen LogP) is 5.63. The molecule has 1 amide bonds. The van der Waals surface area contributed by atoms with Crippen molar-refractivity contribution in [2.75, 3.05) is 4.90 Å². The number of nitrogens with zero attached hydrogens (tertiary/aromatic N) is 2. The minimum atomic E-state index is -1.05. The van der Waals surface area contributed by atoms with Crippen molar-refractivity contribution < 1.29 is 23.5 Å². The molecule has 0 saturated heterocycles. The molecule has 1 aliphatic rings. The van der Waals surface area contributed by atoms with Crippen LogP contribution in [0.4, 0.5) is 10.1 Å². The number of halogens is 1. The average molecular weight is 460 g/mol. The van der Waals surface area contributed by atoms with Gasteiger partial charge in [0, 0.05) is 11.3 Å². The molecule has 1 aliphatic heterocycles. The normalized spacial score (nSPS) is 16.0. The minimum absolute atomic E-state index is 0.134. The predicted molar refractivity (Wildman–Crippen MR) is 122 cm³/mol. The summed E-state index contributed by atoms with van der Waals surface area (Å²) in [5, 5.41) is 11.4. The molecule has 1 atom stereocenters. The first-order chi connectivity index (χ1) is 16.0. The molecule has 0 bridgehead atoms. The molecular weight excluding hydrogens is 443 g/mol. The number of Topliss-reactive ketones (excluding diaryl/α,β-unsaturated/α-hetero) is 1. The van der Waals surface area contributed by atoms with Crippen molar-refractivity contribution in [3.8, 4) is 10.6 Å². The number of hydrogen-bond acceptors (Lipinski definition) is 6. The van der Waals surface area contributed by atoms with Crippen LogP contribution >= 0.6 is 11.3 Å². The first-order valence-corrected chi connectivity index (χ1v) is 10.9. The Kier molecular flexibility index (Phi) is 5.14. The molecule has 0 aliphatic carbocycles. The lowest BCUT2D eigenvalue weighted by Crippen LogP contribution is -2.30. The minimum Gasteiger partial charge on any atom is -0.503 e. The first kappa shape index (κ1) is 20.8. The van der Waals surface area contributed by atoms with Crippen molar-refractivity contribution in [2.24, 2.45) is 0 Å². The van der Waals surface area contributed by atoms with Crippen LogP contribution in [0.2, 0.25) is 0 Å². The topological polar surface area (TPSA) is 83.6 Å². The Morgan fingerprint density at radius 3 is 2.61 bits per heavy atom. The number of ketones is 1. The van der Waals surface area contributed by atoms with Gasteiger partial charge in [-0.1, -0.05) is 36.4 Å². The molecule has 0 radical (unpaired) electrons. The number of hydrogen-bond donors (Lipinski definition) is 1. The number of aryl methyl sites for hydroxylation is 1. The van der Waals surface area contributed by atoms with Crippen LogP contribution in [0.3, 0.4) is 0 Å². The van der Waals surface area contributed by atoms with Gasteiger partial charge in [0.25, 0.3) is 5.91 Å². The fraction of sp³-hybridized carbons (Fsp3) is 0.0800. The molecule has 164 valence electrons. The summed E-state index contributed by atoms with van der Waals surface area (Å²) in [5.74, 6) is -2.32. The highest BCUT2D eigenvalue weighted by Crippen LogP contribution is 2.43. The summed E-state index contributed by atoms with van der Waals surface area (Å²) in [7, 11) is 0. The summed E-state index contributed by atoms with van der Waals surface area (Å²) in [4.78, 5) is 32.7. The zero-order valence-electron chi connectivity index (χ0n) is 17.4. The Labute approximate surface area is 192 Å². The lowest BCUT2D eigenvalue weighted by Gasteiger charge is -2.24. The third-order valence-corrected chi connectivity index (χ3v) is 6.58. The number of aromatic nitrogens is 1. The Morgan fingerprint density at radius 1 is 1.12 bits per heavy atom. The van der Waals surface area contributed by atoms with E-state index in [9.17, 15) is 19.1 Å². The number of amides is 1. The van der Waals surface area contributed by atoms with Gasteiger partial charge in [0.15, 0.2) is 5.76 Å². The maximum absolute atomic E-state index is 13.9. The molecule has 3 heterocycles. The highest BCUT2D eigenvalue weighted by Gasteiger charge is 2.46. The molecule has 6 nitrogen and oxygen atoms in total. The zero-order valence-corrected chi connectivity index (χ0v) is 18.2. The molecule has 0 saturated carbocycles. The van der Waals surface area contributed by atoms with E-state index in [4.69, 9.17) is 4.42 Å². The summed E-state index contributed by atoms with van der Waals surface area (Å²) in [5.41, 5.74) is 1.40. The van der Waals surface area contributed by atoms with E-state index < -0.39 is 29.3 Å². The molecular formula is C25H17FN2O4S. The van der Waals surface area contributed by atoms with Gasteiger partial charge in [-0.05, 0) is 37.3 Å². The van der Waals surface area contributed by atoms with E-state index in [1.165, 1.54) is 46.8 Å². The fourth-order valence-corrected chi connectivity index (χ4v) is 4.90. The van der Waals surface area contributed by atoms with Crippen molar-refractivity contribution in [3.05, 3.63) is 106 Å². The van der Waals surface area contributed by atoms with Crippen molar-refractivity contribution in [3.63, 3.8) is 0 Å². The standard InChI is InChI=1S/C25H17FN2O4S/c1-14-23(33-24(27-14)15-7-3-2-4-8-15)21(29)19-20(18-11-6-12-32-18)28(25(31)22(19)30)17-10-5-9-16(26)13-17/h2-13,20,30H,1H3. The second-order valence-electron chi connectivity index (χ2n) is 7.46. The smallest absolute Gasteiger partial charge is 0.294 e. The van der Waals surface area contributed by atoms with Crippen LogP contribution < -0.4 is 4.90 Å². The summed E-state index contributed by atoms with van der Waals surface area (Å²) in [6, 6.07) is 17.0. The van der Waals surface area contributed by atoms with Crippen molar-refractivity contribution in [1.29, 1.82) is 0 Å². The lowest BCUT2D eigenvalue weighted by atomic mass is 9.99. The number of benzene rings is 2. The molecule has 4 aromatic rings. The molecule has 0 spiro atoms. The Bertz CT molecular complexity index is 1390. The van der Waals surface area contributed by atoms with Crippen LogP contribution in [-0.4, -0.2) is 21.8 Å². The quantitative estimate of drug-likeness (QED) is 0.390. The number of aliphatic hydroxyl groups excluding tert-OH is 1. The highest BCUT2D eigenvalue weighted by atomic mass is 32.1. The average Bonchev–Trinajstić information content (AvgIpc) is 3.53. The molecule has 5 rings (SSSR count). The molecule has 2 aromatic carbocycles. The third kappa shape index (κ3) is 3.54. The number of carbonyl (C=O) groups excluding carboxylic acids is 2. The third-order valence-electron chi connectivity index (χ3n) is 5.38. The van der Waals surface area contributed by atoms with Crippen molar-refractivity contribution in [2.45, 2.75) is 13.0 Å². The maximum atomic E-state index is 13.9. The van der Waals surface area contributed by atoms with Gasteiger partial charge in [0.05, 0.1) is 22.4 Å². The summed E-state index contributed by atoms with van der Waals surface area (Å²) < 4.78 is 19.5. The van der Waals surface area contributed by atoms with Gasteiger partial charge < -0.3 is 9.52 Å². The van der Waals surface area contributed by atoms with E-state index in [1.807, 2.05) is 30.3 Å². The number of carbonyl (C=O) groups is 2. The van der Waals surface area contributed by atoms with E-state index >= 15 is 0 Å². The van der Waals surface area contributed by atoms with Gasteiger partial charge in [-0.3, -0.25) is 14.5 Å². The second-order valence-corrected chi connectivity index (χ2v) is 8.46. The zero-order chi connectivity index (χ0) is 23.1. The lowest BCUT2D eigenvalue weighted by molar-refractivity contribution is -0.117. The number of rotatable bonds is 5. The fourth-order valence-electron chi connectivity index (χ4n) is 3.88. The largest absolute Gasteiger partial charge is 0.503 e. The summed E-state index contributed by atoms with van der Waals surface area (Å²) >= 11 is 1.18. The van der Waals surface area contributed by atoms with Gasteiger partial charge in [0.1, 0.15) is 22.6 Å². The number of furan rings is 1. The van der Waals surface area contributed by atoms with Gasteiger partial charge in [0.2, 0.25) is 5.78 Å². The van der Waals surface area contributed by atoms with Crippen molar-refractivity contribution in [1.82, 2.24) is 4.98 Å². The SMILES string of the molecule is Cc1nc(-c2ccccc2)sc1C(=O)C1=C(O)C(=O)N(c2cccc(F)c2)C1c1ccco1. The van der Waals surface area contributed by atoms with E-state index in [2.05, 4.69) is 4.98 Å². The van der Waals surface area contributed by atoms with Gasteiger partial charge in [-0.25, -0.2) is 9.37 Å². The van der Waals surface area contributed by atoms with Gasteiger partial charge in [-0.2, -0.15) is 0 Å². The molecule has 1 unspecified atom stereocenters. The summed E-state index contributed by atoms with van der Waals surface area (Å²) in [6.45, 7) is 1.71. The Balaban J connectivity index is 1.61. The monoisotopic (exact) mass is 460 g/mol. The Hall–Kier alpha value is -4.04. The van der Waals surface area contributed by atoms with Crippen LogP contribution in [0.25, 0.3) is 10.6 Å². The van der Waals surface area contributed by atoms with E-state index in [0.717, 1.165) is 5.56 Å². The van der Waals surface area contributed by atoms with Crippen LogP contribution in [0.15, 0.2) is 88.7 Å². The van der Waals surface area contributed by atoms with Gasteiger partial charge >= 0.3 is 0 Å². The first-order valence-electron chi connectivity index (χ1n) is 10.1. The van der Waals surface area contributed by atoms with E-state index in [1.54, 1.807) is 19.1 Å². The van der Waals surface area contributed by atoms with Crippen LogP contribution in [0.1, 0.15) is 27.2 Å². The molecule has 2 aromatic heterocycles. The summed E-state index contributed by atoms with van der Waals surface area (Å²) in [6.07, 6.45) is 1.41. The van der Waals surface area contributed by atoms with Crippen molar-refractivity contribution >= 4 is 28.7 Å². The van der Waals surface area contributed by atoms with Crippen LogP contribution in [-0.2, 0) is 4.79 Å². The highest BCUT2D eigenvalue weighted by molar-refractivity contribution is 7.17. The number of anilines is 1. The molecule has 8 heteroatoms. The van der Waals surface area contributed by atoms with Gasteiger partial charge in [-0.15, -0.1) is 11.3 Å². The maximum Gasteiger partial charge on any atom is 0.294 e.